The van der Waals surface area contributed by atoms with Gasteiger partial charge in [-0.1, -0.05) is 25.1 Å². The van der Waals surface area contributed by atoms with E-state index in [9.17, 15) is 13.2 Å². The number of benzene rings is 1. The van der Waals surface area contributed by atoms with Crippen molar-refractivity contribution in [1.82, 2.24) is 10.6 Å². The molecule has 3 rings (SSSR count). The average molecular weight is 403 g/mol. The van der Waals surface area contributed by atoms with E-state index in [0.717, 1.165) is 17.7 Å². The summed E-state index contributed by atoms with van der Waals surface area (Å²) >= 11 is 0. The number of hydrogen-bond donors (Lipinski definition) is 2. The minimum Gasteiger partial charge on any atom is -0.496 e. The van der Waals surface area contributed by atoms with Crippen LogP contribution in [0.2, 0.25) is 0 Å². The van der Waals surface area contributed by atoms with Gasteiger partial charge >= 0.3 is 0 Å². The molecule has 0 aromatic heterocycles. The molecular formula is C18H27ClN2O4S. The first-order chi connectivity index (χ1) is 11.7. The van der Waals surface area contributed by atoms with Crippen molar-refractivity contribution in [3.05, 3.63) is 29.8 Å². The molecule has 1 heterocycles. The van der Waals surface area contributed by atoms with Gasteiger partial charge in [0.25, 0.3) is 0 Å². The smallest absolute Gasteiger partial charge is 0.241 e. The molecule has 8 heteroatoms. The van der Waals surface area contributed by atoms with Crippen molar-refractivity contribution in [2.45, 2.75) is 42.4 Å². The third-order valence-corrected chi connectivity index (χ3v) is 7.81. The number of sulfone groups is 1. The maximum atomic E-state index is 12.9. The SMILES string of the molecule is COc1ccccc1C1(C)CC1NC(=O)C1(S(C)(=O)=O)CCNCC1.Cl. The van der Waals surface area contributed by atoms with Crippen LogP contribution in [0.15, 0.2) is 24.3 Å². The second-order valence-corrected chi connectivity index (χ2v) is 9.69. The van der Waals surface area contributed by atoms with E-state index in [0.29, 0.717) is 25.9 Å². The topological polar surface area (TPSA) is 84.5 Å². The Hall–Kier alpha value is -1.31. The van der Waals surface area contributed by atoms with E-state index >= 15 is 0 Å². The number of piperidine rings is 1. The Labute approximate surface area is 161 Å². The van der Waals surface area contributed by atoms with E-state index in [2.05, 4.69) is 17.6 Å². The number of carbonyl (C=O) groups excluding carboxylic acids is 1. The van der Waals surface area contributed by atoms with Gasteiger partial charge in [-0.15, -0.1) is 12.4 Å². The van der Waals surface area contributed by atoms with E-state index in [4.69, 9.17) is 4.74 Å². The molecule has 0 radical (unpaired) electrons. The molecule has 146 valence electrons. The molecule has 2 unspecified atom stereocenters. The standard InChI is InChI=1S/C18H26N2O4S.ClH/c1-17(13-6-4-5-7-14(13)24-2)12-15(17)20-16(21)18(25(3,22)23)8-10-19-11-9-18;/h4-7,15,19H,8-12H2,1-3H3,(H,20,21);1H. The molecule has 1 saturated carbocycles. The molecule has 0 spiro atoms. The van der Waals surface area contributed by atoms with Gasteiger partial charge in [-0.05, 0) is 38.4 Å². The minimum atomic E-state index is -3.50. The van der Waals surface area contributed by atoms with Crippen LogP contribution in [0.3, 0.4) is 0 Å². The summed E-state index contributed by atoms with van der Waals surface area (Å²) < 4.78 is 28.9. The second kappa shape index (κ2) is 7.37. The van der Waals surface area contributed by atoms with Crippen molar-refractivity contribution in [2.75, 3.05) is 26.5 Å². The van der Waals surface area contributed by atoms with Gasteiger partial charge < -0.3 is 15.4 Å². The Kier molecular flexibility index (Phi) is 5.95. The predicted octanol–water partition coefficient (Wildman–Crippen LogP) is 1.43. The van der Waals surface area contributed by atoms with Gasteiger partial charge in [0.05, 0.1) is 7.11 Å². The summed E-state index contributed by atoms with van der Waals surface area (Å²) in [6.07, 6.45) is 2.58. The third kappa shape index (κ3) is 3.44. The van der Waals surface area contributed by atoms with Gasteiger partial charge in [0.1, 0.15) is 5.75 Å². The first-order valence-corrected chi connectivity index (χ1v) is 10.5. The summed E-state index contributed by atoms with van der Waals surface area (Å²) in [6.45, 7) is 3.15. The number of hydrogen-bond acceptors (Lipinski definition) is 5. The van der Waals surface area contributed by atoms with Crippen LogP contribution < -0.4 is 15.4 Å². The zero-order chi connectivity index (χ0) is 18.3. The average Bonchev–Trinajstić information content (AvgIpc) is 3.25. The van der Waals surface area contributed by atoms with Crippen molar-refractivity contribution in [3.63, 3.8) is 0 Å². The third-order valence-electron chi connectivity index (χ3n) is 5.80. The molecule has 2 atom stereocenters. The van der Waals surface area contributed by atoms with Crippen LogP contribution in [-0.2, 0) is 20.0 Å². The fraction of sp³-hybridized carbons (Fsp3) is 0.611. The molecule has 6 nitrogen and oxygen atoms in total. The maximum absolute atomic E-state index is 12.9. The lowest BCUT2D eigenvalue weighted by atomic mass is 9.94. The highest BCUT2D eigenvalue weighted by Gasteiger charge is 2.57. The summed E-state index contributed by atoms with van der Waals surface area (Å²) in [4.78, 5) is 12.9. The van der Waals surface area contributed by atoms with E-state index in [1.165, 1.54) is 6.26 Å². The number of carbonyl (C=O) groups is 1. The zero-order valence-electron chi connectivity index (χ0n) is 15.4. The first-order valence-electron chi connectivity index (χ1n) is 8.59. The fourth-order valence-electron chi connectivity index (χ4n) is 3.88. The highest BCUT2D eigenvalue weighted by atomic mass is 35.5. The predicted molar refractivity (Wildman–Crippen MR) is 104 cm³/mol. The Morgan fingerprint density at radius 1 is 1.27 bits per heavy atom. The van der Waals surface area contributed by atoms with Crippen molar-refractivity contribution in [2.24, 2.45) is 0 Å². The van der Waals surface area contributed by atoms with Gasteiger partial charge in [0.15, 0.2) is 14.6 Å². The van der Waals surface area contributed by atoms with Crippen LogP contribution in [0, 0.1) is 0 Å². The monoisotopic (exact) mass is 402 g/mol. The molecule has 1 aromatic rings. The quantitative estimate of drug-likeness (QED) is 0.778. The molecule has 0 bridgehead atoms. The Morgan fingerprint density at radius 2 is 1.88 bits per heavy atom. The molecule has 1 aromatic carbocycles. The number of para-hydroxylation sites is 1. The number of amides is 1. The van der Waals surface area contributed by atoms with E-state index < -0.39 is 14.6 Å². The zero-order valence-corrected chi connectivity index (χ0v) is 17.0. The van der Waals surface area contributed by atoms with Crippen molar-refractivity contribution >= 4 is 28.2 Å². The van der Waals surface area contributed by atoms with Gasteiger partial charge in [0, 0.05) is 23.3 Å². The Balaban J connectivity index is 0.00000243. The van der Waals surface area contributed by atoms with Crippen LogP contribution in [0.4, 0.5) is 0 Å². The van der Waals surface area contributed by atoms with E-state index in [1.807, 2.05) is 24.3 Å². The molecule has 1 amide bonds. The largest absolute Gasteiger partial charge is 0.496 e. The molecule has 1 aliphatic carbocycles. The minimum absolute atomic E-state index is 0. The second-order valence-electron chi connectivity index (χ2n) is 7.36. The number of halogens is 1. The molecule has 2 N–H and O–H groups in total. The summed E-state index contributed by atoms with van der Waals surface area (Å²) in [6, 6.07) is 7.69. The van der Waals surface area contributed by atoms with Crippen molar-refractivity contribution in [3.8, 4) is 5.75 Å². The molecule has 26 heavy (non-hydrogen) atoms. The highest BCUT2D eigenvalue weighted by molar-refractivity contribution is 7.92. The molecule has 2 aliphatic rings. The number of nitrogens with one attached hydrogen (secondary N) is 2. The van der Waals surface area contributed by atoms with Gasteiger partial charge in [0.2, 0.25) is 5.91 Å². The van der Waals surface area contributed by atoms with Gasteiger partial charge in [-0.3, -0.25) is 4.79 Å². The Morgan fingerprint density at radius 3 is 2.46 bits per heavy atom. The van der Waals surface area contributed by atoms with E-state index in [-0.39, 0.29) is 29.8 Å². The number of methoxy groups -OCH3 is 1. The summed E-state index contributed by atoms with van der Waals surface area (Å²) in [5, 5.41) is 6.14. The van der Waals surface area contributed by atoms with Crippen molar-refractivity contribution < 1.29 is 17.9 Å². The molecule has 2 fully saturated rings. The number of rotatable bonds is 5. The van der Waals surface area contributed by atoms with Crippen LogP contribution in [0.25, 0.3) is 0 Å². The number of ether oxygens (including phenoxy) is 1. The molecular weight excluding hydrogens is 376 g/mol. The lowest BCUT2D eigenvalue weighted by Gasteiger charge is -2.34. The summed E-state index contributed by atoms with van der Waals surface area (Å²) in [5.74, 6) is 0.432. The van der Waals surface area contributed by atoms with E-state index in [1.54, 1.807) is 7.11 Å². The van der Waals surface area contributed by atoms with Crippen LogP contribution in [0.5, 0.6) is 5.75 Å². The van der Waals surface area contributed by atoms with Gasteiger partial charge in [-0.25, -0.2) is 8.42 Å². The molecule has 1 aliphatic heterocycles. The lowest BCUT2D eigenvalue weighted by molar-refractivity contribution is -0.124. The van der Waals surface area contributed by atoms with Crippen molar-refractivity contribution in [1.29, 1.82) is 0 Å². The van der Waals surface area contributed by atoms with Gasteiger partial charge in [-0.2, -0.15) is 0 Å². The normalized spacial score (nSPS) is 27.1. The van der Waals surface area contributed by atoms with Crippen LogP contribution in [0.1, 0.15) is 31.7 Å². The van der Waals surface area contributed by atoms with Crippen LogP contribution >= 0.6 is 12.4 Å². The maximum Gasteiger partial charge on any atom is 0.241 e. The lowest BCUT2D eigenvalue weighted by Crippen LogP contribution is -2.58. The summed E-state index contributed by atoms with van der Waals surface area (Å²) in [7, 11) is -1.87. The Bertz CT molecular complexity index is 777. The summed E-state index contributed by atoms with van der Waals surface area (Å²) in [5.41, 5.74) is 0.815. The highest BCUT2D eigenvalue weighted by Crippen LogP contribution is 2.51. The van der Waals surface area contributed by atoms with Crippen LogP contribution in [-0.4, -0.2) is 51.6 Å². The fourth-order valence-corrected chi connectivity index (χ4v) is 5.22. The first kappa shape index (κ1) is 21.0. The molecule has 1 saturated heterocycles.